The maximum absolute atomic E-state index is 12.1. The Balaban J connectivity index is 1.94. The Hall–Kier alpha value is -0.780. The molecule has 0 saturated carbocycles. The summed E-state index contributed by atoms with van der Waals surface area (Å²) in [6, 6.07) is 5.14. The molecule has 104 valence electrons. The molecule has 0 spiro atoms. The number of carbonyl (C=O) groups is 1. The lowest BCUT2D eigenvalue weighted by Crippen LogP contribution is -2.41. The van der Waals surface area contributed by atoms with E-state index < -0.39 is 0 Å². The largest absolute Gasteiger partial charge is 0.396 e. The monoisotopic (exact) mass is 346 g/mol. The first-order valence-electron chi connectivity index (χ1n) is 6.22. The molecular formula is C13H16BrClN2O2. The van der Waals surface area contributed by atoms with Crippen LogP contribution in [0.15, 0.2) is 22.7 Å². The first-order chi connectivity index (χ1) is 9.10. The van der Waals surface area contributed by atoms with Crippen LogP contribution in [0.25, 0.3) is 0 Å². The van der Waals surface area contributed by atoms with Gasteiger partial charge in [-0.05, 0) is 52.9 Å². The minimum atomic E-state index is -0.112. The number of amides is 2. The number of hydrogen-bond donors (Lipinski definition) is 2. The Labute approximate surface area is 125 Å². The zero-order valence-electron chi connectivity index (χ0n) is 10.4. The molecule has 1 aromatic rings. The van der Waals surface area contributed by atoms with Crippen LogP contribution in [0.3, 0.4) is 0 Å². The first-order valence-corrected chi connectivity index (χ1v) is 7.39. The van der Waals surface area contributed by atoms with Crippen molar-refractivity contribution in [1.29, 1.82) is 0 Å². The zero-order chi connectivity index (χ0) is 13.8. The fraction of sp³-hybridized carbons (Fsp3) is 0.462. The minimum absolute atomic E-state index is 0.112. The Morgan fingerprint density at radius 3 is 2.74 bits per heavy atom. The summed E-state index contributed by atoms with van der Waals surface area (Å²) in [6.45, 7) is 1.57. The highest BCUT2D eigenvalue weighted by atomic mass is 79.9. The van der Waals surface area contributed by atoms with Gasteiger partial charge in [0.2, 0.25) is 0 Å². The van der Waals surface area contributed by atoms with Gasteiger partial charge in [-0.15, -0.1) is 0 Å². The molecule has 1 fully saturated rings. The molecule has 4 nitrogen and oxygen atoms in total. The number of halogens is 2. The van der Waals surface area contributed by atoms with Crippen molar-refractivity contribution in [2.75, 3.05) is 25.0 Å². The number of hydrogen-bond acceptors (Lipinski definition) is 2. The van der Waals surface area contributed by atoms with E-state index in [1.54, 1.807) is 23.1 Å². The van der Waals surface area contributed by atoms with E-state index in [2.05, 4.69) is 21.2 Å². The summed E-state index contributed by atoms with van der Waals surface area (Å²) in [5.41, 5.74) is 0.707. The summed E-state index contributed by atoms with van der Waals surface area (Å²) >= 11 is 9.23. The van der Waals surface area contributed by atoms with Crippen molar-refractivity contribution in [2.24, 2.45) is 5.92 Å². The van der Waals surface area contributed by atoms with Crippen molar-refractivity contribution >= 4 is 39.2 Å². The predicted molar refractivity (Wildman–Crippen MR) is 79.6 cm³/mol. The third kappa shape index (κ3) is 3.84. The molecule has 0 unspecified atom stereocenters. The van der Waals surface area contributed by atoms with Crippen LogP contribution >= 0.6 is 27.5 Å². The molecule has 2 N–H and O–H groups in total. The van der Waals surface area contributed by atoms with Crippen molar-refractivity contribution in [3.8, 4) is 0 Å². The van der Waals surface area contributed by atoms with Gasteiger partial charge >= 0.3 is 6.03 Å². The second kappa shape index (κ2) is 6.59. The molecular weight excluding hydrogens is 332 g/mol. The lowest BCUT2D eigenvalue weighted by Gasteiger charge is -2.31. The van der Waals surface area contributed by atoms with Gasteiger partial charge in [0.1, 0.15) is 0 Å². The lowest BCUT2D eigenvalue weighted by atomic mass is 9.98. The zero-order valence-corrected chi connectivity index (χ0v) is 12.7. The second-order valence-corrected chi connectivity index (χ2v) is 5.96. The SMILES string of the molecule is O=C(Nc1ccc(Cl)cc1Br)N1CCC(CO)CC1. The highest BCUT2D eigenvalue weighted by molar-refractivity contribution is 9.10. The van der Waals surface area contributed by atoms with Crippen molar-refractivity contribution < 1.29 is 9.90 Å². The van der Waals surface area contributed by atoms with Crippen molar-refractivity contribution in [3.05, 3.63) is 27.7 Å². The summed E-state index contributed by atoms with van der Waals surface area (Å²) in [7, 11) is 0. The molecule has 1 aliphatic rings. The molecule has 1 aliphatic heterocycles. The quantitative estimate of drug-likeness (QED) is 0.862. The Morgan fingerprint density at radius 1 is 1.47 bits per heavy atom. The molecule has 1 saturated heterocycles. The molecule has 1 aromatic carbocycles. The van der Waals surface area contributed by atoms with Crippen molar-refractivity contribution in [1.82, 2.24) is 4.90 Å². The van der Waals surface area contributed by atoms with Crippen LogP contribution in [0.2, 0.25) is 5.02 Å². The smallest absolute Gasteiger partial charge is 0.321 e. The number of rotatable bonds is 2. The molecule has 0 bridgehead atoms. The maximum atomic E-state index is 12.1. The maximum Gasteiger partial charge on any atom is 0.321 e. The van der Waals surface area contributed by atoms with Crippen LogP contribution in [0.5, 0.6) is 0 Å². The van der Waals surface area contributed by atoms with Gasteiger partial charge in [0.25, 0.3) is 0 Å². The van der Waals surface area contributed by atoms with Gasteiger partial charge in [-0.1, -0.05) is 11.6 Å². The highest BCUT2D eigenvalue weighted by Gasteiger charge is 2.22. The minimum Gasteiger partial charge on any atom is -0.396 e. The van der Waals surface area contributed by atoms with E-state index >= 15 is 0 Å². The summed E-state index contributed by atoms with van der Waals surface area (Å²) in [5.74, 6) is 0.325. The van der Waals surface area contributed by atoms with E-state index in [4.69, 9.17) is 16.7 Å². The number of carbonyl (C=O) groups excluding carboxylic acids is 1. The molecule has 2 amide bonds. The summed E-state index contributed by atoms with van der Waals surface area (Å²) < 4.78 is 0.763. The van der Waals surface area contributed by atoms with Gasteiger partial charge in [0, 0.05) is 29.2 Å². The number of urea groups is 1. The number of nitrogens with one attached hydrogen (secondary N) is 1. The molecule has 0 atom stereocenters. The van der Waals surface area contributed by atoms with Crippen molar-refractivity contribution in [3.63, 3.8) is 0 Å². The molecule has 0 radical (unpaired) electrons. The first kappa shape index (κ1) is 14.6. The standard InChI is InChI=1S/C13H16BrClN2O2/c14-11-7-10(15)1-2-12(11)16-13(19)17-5-3-9(8-18)4-6-17/h1-2,7,9,18H,3-6,8H2,(H,16,19). The number of aliphatic hydroxyl groups excluding tert-OH is 1. The van der Waals surface area contributed by atoms with E-state index in [1.807, 2.05) is 0 Å². The summed E-state index contributed by atoms with van der Waals surface area (Å²) in [6.07, 6.45) is 1.71. The molecule has 19 heavy (non-hydrogen) atoms. The second-order valence-electron chi connectivity index (χ2n) is 4.67. The summed E-state index contributed by atoms with van der Waals surface area (Å²) in [5, 5.41) is 12.6. The molecule has 0 aliphatic carbocycles. The Morgan fingerprint density at radius 2 is 2.16 bits per heavy atom. The van der Waals surface area contributed by atoms with Crippen LogP contribution in [0.1, 0.15) is 12.8 Å². The van der Waals surface area contributed by atoms with Crippen LogP contribution in [-0.4, -0.2) is 35.7 Å². The van der Waals surface area contributed by atoms with E-state index in [1.165, 1.54) is 0 Å². The molecule has 0 aromatic heterocycles. The predicted octanol–water partition coefficient (Wildman–Crippen LogP) is 3.34. The number of benzene rings is 1. The number of aliphatic hydroxyl groups is 1. The van der Waals surface area contributed by atoms with Gasteiger partial charge in [-0.2, -0.15) is 0 Å². The molecule has 6 heteroatoms. The third-order valence-corrected chi connectivity index (χ3v) is 4.22. The van der Waals surface area contributed by atoms with Crippen molar-refractivity contribution in [2.45, 2.75) is 12.8 Å². The van der Waals surface area contributed by atoms with Crippen LogP contribution < -0.4 is 5.32 Å². The fourth-order valence-electron chi connectivity index (χ4n) is 2.10. The number of nitrogens with zero attached hydrogens (tertiary/aromatic N) is 1. The van der Waals surface area contributed by atoms with E-state index in [9.17, 15) is 4.79 Å². The highest BCUT2D eigenvalue weighted by Crippen LogP contribution is 2.26. The van der Waals surface area contributed by atoms with Crippen LogP contribution in [0, 0.1) is 5.92 Å². The van der Waals surface area contributed by atoms with Gasteiger partial charge in [-0.3, -0.25) is 0 Å². The third-order valence-electron chi connectivity index (χ3n) is 3.33. The normalized spacial score (nSPS) is 16.5. The lowest BCUT2D eigenvalue weighted by molar-refractivity contribution is 0.143. The Bertz CT molecular complexity index is 462. The van der Waals surface area contributed by atoms with Gasteiger partial charge < -0.3 is 15.3 Å². The number of piperidine rings is 1. The summed E-state index contributed by atoms with van der Waals surface area (Å²) in [4.78, 5) is 13.9. The molecule has 1 heterocycles. The van der Waals surface area contributed by atoms with Gasteiger partial charge in [0.15, 0.2) is 0 Å². The van der Waals surface area contributed by atoms with Crippen LogP contribution in [0.4, 0.5) is 10.5 Å². The molecule has 2 rings (SSSR count). The van der Waals surface area contributed by atoms with E-state index in [-0.39, 0.29) is 12.6 Å². The van der Waals surface area contributed by atoms with E-state index in [0.29, 0.717) is 29.7 Å². The van der Waals surface area contributed by atoms with Gasteiger partial charge in [-0.25, -0.2) is 4.79 Å². The Kier molecular flexibility index (Phi) is 5.07. The fourth-order valence-corrected chi connectivity index (χ4v) is 2.89. The average Bonchev–Trinajstić information content (AvgIpc) is 2.42. The number of likely N-dealkylation sites (tertiary alicyclic amines) is 1. The topological polar surface area (TPSA) is 52.6 Å². The average molecular weight is 348 g/mol. The van der Waals surface area contributed by atoms with Crippen LogP contribution in [-0.2, 0) is 0 Å². The van der Waals surface area contributed by atoms with Gasteiger partial charge in [0.05, 0.1) is 5.69 Å². The number of anilines is 1. The van der Waals surface area contributed by atoms with E-state index in [0.717, 1.165) is 17.3 Å².